The Morgan fingerprint density at radius 2 is 1.46 bits per heavy atom. The van der Waals surface area contributed by atoms with Gasteiger partial charge in [0.05, 0.1) is 0 Å². The zero-order chi connectivity index (χ0) is 27.0. The van der Waals surface area contributed by atoms with E-state index >= 15 is 0 Å². The first kappa shape index (κ1) is 25.9. The maximum Gasteiger partial charge on any atom is 0.253 e. The summed E-state index contributed by atoms with van der Waals surface area (Å²) in [7, 11) is 0. The Balaban J connectivity index is 1.08. The van der Waals surface area contributed by atoms with Gasteiger partial charge in [0.1, 0.15) is 11.5 Å². The first-order valence-corrected chi connectivity index (χ1v) is 13.1. The van der Waals surface area contributed by atoms with Crippen LogP contribution in [0.2, 0.25) is 0 Å². The van der Waals surface area contributed by atoms with Crippen LogP contribution in [0.1, 0.15) is 16.1 Å². The molecular formula is C31H28N4O3S. The molecule has 1 saturated heterocycles. The van der Waals surface area contributed by atoms with E-state index in [0.717, 1.165) is 41.4 Å². The first-order valence-electron chi connectivity index (χ1n) is 12.7. The Bertz CT molecular complexity index is 1460. The van der Waals surface area contributed by atoms with Crippen LogP contribution in [0.3, 0.4) is 0 Å². The van der Waals surface area contributed by atoms with E-state index in [2.05, 4.69) is 15.5 Å². The van der Waals surface area contributed by atoms with Crippen LogP contribution >= 0.6 is 12.2 Å². The van der Waals surface area contributed by atoms with Crippen molar-refractivity contribution in [2.75, 3.05) is 36.4 Å². The fourth-order valence-corrected chi connectivity index (χ4v) is 4.58. The first-order chi connectivity index (χ1) is 19.0. The molecule has 1 aliphatic heterocycles. The molecule has 2 amide bonds. The zero-order valence-electron chi connectivity index (χ0n) is 21.2. The number of thiocarbonyl (C=S) groups is 1. The fourth-order valence-electron chi connectivity index (χ4n) is 4.36. The number of piperazine rings is 1. The molecule has 196 valence electrons. The van der Waals surface area contributed by atoms with Crippen LogP contribution in [0.4, 0.5) is 11.4 Å². The average molecular weight is 537 g/mol. The molecule has 1 aromatic heterocycles. The van der Waals surface area contributed by atoms with Gasteiger partial charge in [0.25, 0.3) is 5.91 Å². The third kappa shape index (κ3) is 6.80. The SMILES string of the molecule is O=C(/C=C/c1ccc(-c2ccccc2)o1)NC(=S)Nc1ccc(N2CCN(C(=O)c3ccccc3)CC2)cc1. The molecule has 2 heterocycles. The Labute approximate surface area is 232 Å². The smallest absolute Gasteiger partial charge is 0.253 e. The normalized spacial score (nSPS) is 13.3. The molecule has 1 fully saturated rings. The van der Waals surface area contributed by atoms with Crippen LogP contribution in [0, 0.1) is 0 Å². The van der Waals surface area contributed by atoms with Crippen LogP contribution in [-0.2, 0) is 4.79 Å². The van der Waals surface area contributed by atoms with E-state index in [1.807, 2.05) is 102 Å². The largest absolute Gasteiger partial charge is 0.457 e. The maximum absolute atomic E-state index is 12.7. The molecule has 0 saturated carbocycles. The molecule has 0 radical (unpaired) electrons. The molecule has 1 aliphatic rings. The minimum atomic E-state index is -0.357. The summed E-state index contributed by atoms with van der Waals surface area (Å²) < 4.78 is 5.78. The number of carbonyl (C=O) groups is 2. The van der Waals surface area contributed by atoms with Gasteiger partial charge in [-0.3, -0.25) is 14.9 Å². The number of amides is 2. The van der Waals surface area contributed by atoms with Crippen molar-refractivity contribution in [3.63, 3.8) is 0 Å². The van der Waals surface area contributed by atoms with E-state index in [0.29, 0.717) is 18.8 Å². The van der Waals surface area contributed by atoms with Crippen molar-refractivity contribution in [3.05, 3.63) is 114 Å². The molecule has 2 N–H and O–H groups in total. The van der Waals surface area contributed by atoms with Crippen molar-refractivity contribution in [2.45, 2.75) is 0 Å². The molecule has 0 atom stereocenters. The maximum atomic E-state index is 12.7. The Morgan fingerprint density at radius 1 is 0.795 bits per heavy atom. The van der Waals surface area contributed by atoms with Gasteiger partial charge < -0.3 is 19.5 Å². The van der Waals surface area contributed by atoms with Gasteiger partial charge in [0.15, 0.2) is 5.11 Å². The Hall–Kier alpha value is -4.69. The summed E-state index contributed by atoms with van der Waals surface area (Å²) in [6.07, 6.45) is 2.99. The summed E-state index contributed by atoms with van der Waals surface area (Å²) in [5.74, 6) is 1.02. The van der Waals surface area contributed by atoms with Gasteiger partial charge in [-0.15, -0.1) is 0 Å². The second-order valence-corrected chi connectivity index (χ2v) is 9.45. The molecule has 3 aromatic carbocycles. The lowest BCUT2D eigenvalue weighted by Crippen LogP contribution is -2.48. The lowest BCUT2D eigenvalue weighted by molar-refractivity contribution is -0.115. The van der Waals surface area contributed by atoms with Crippen LogP contribution < -0.4 is 15.5 Å². The van der Waals surface area contributed by atoms with Crippen LogP contribution in [0.5, 0.6) is 0 Å². The number of rotatable bonds is 6. The summed E-state index contributed by atoms with van der Waals surface area (Å²) in [6.45, 7) is 2.86. The van der Waals surface area contributed by atoms with Crippen molar-refractivity contribution in [3.8, 4) is 11.3 Å². The highest BCUT2D eigenvalue weighted by atomic mass is 32.1. The van der Waals surface area contributed by atoms with Crippen molar-refractivity contribution in [2.24, 2.45) is 0 Å². The molecule has 0 aliphatic carbocycles. The monoisotopic (exact) mass is 536 g/mol. The van der Waals surface area contributed by atoms with E-state index in [1.165, 1.54) is 6.08 Å². The van der Waals surface area contributed by atoms with Gasteiger partial charge in [0.2, 0.25) is 5.91 Å². The van der Waals surface area contributed by atoms with Gasteiger partial charge in [-0.2, -0.15) is 0 Å². The second-order valence-electron chi connectivity index (χ2n) is 9.04. The van der Waals surface area contributed by atoms with E-state index in [1.54, 1.807) is 6.08 Å². The van der Waals surface area contributed by atoms with E-state index in [9.17, 15) is 9.59 Å². The third-order valence-corrected chi connectivity index (χ3v) is 6.60. The number of hydrogen-bond acceptors (Lipinski definition) is 5. The molecule has 7 nitrogen and oxygen atoms in total. The van der Waals surface area contributed by atoms with Gasteiger partial charge in [-0.1, -0.05) is 48.5 Å². The number of nitrogens with one attached hydrogen (secondary N) is 2. The van der Waals surface area contributed by atoms with Gasteiger partial charge in [-0.25, -0.2) is 0 Å². The summed E-state index contributed by atoms with van der Waals surface area (Å²) in [5.41, 5.74) is 3.53. The van der Waals surface area contributed by atoms with Crippen LogP contribution in [0.25, 0.3) is 17.4 Å². The predicted molar refractivity (Wildman–Crippen MR) is 159 cm³/mol. The standard InChI is InChI=1S/C31H28N4O3S/c36-29(18-16-27-15-17-28(38-27)23-7-3-1-4-8-23)33-31(39)32-25-11-13-26(14-12-25)34-19-21-35(22-20-34)30(37)24-9-5-2-6-10-24/h1-18H,19-22H2,(H2,32,33,36,39)/b18-16+. The Kier molecular flexibility index (Phi) is 8.14. The van der Waals surface area contributed by atoms with Crippen LogP contribution in [-0.4, -0.2) is 48.0 Å². The van der Waals surface area contributed by atoms with Crippen molar-refractivity contribution >= 4 is 46.6 Å². The minimum absolute atomic E-state index is 0.0706. The predicted octanol–water partition coefficient (Wildman–Crippen LogP) is 5.44. The topological polar surface area (TPSA) is 77.8 Å². The highest BCUT2D eigenvalue weighted by Crippen LogP contribution is 2.23. The summed E-state index contributed by atoms with van der Waals surface area (Å²) >= 11 is 5.30. The van der Waals surface area contributed by atoms with Crippen molar-refractivity contribution in [1.82, 2.24) is 10.2 Å². The van der Waals surface area contributed by atoms with Crippen LogP contribution in [0.15, 0.2) is 108 Å². The third-order valence-electron chi connectivity index (χ3n) is 6.40. The molecule has 0 unspecified atom stereocenters. The average Bonchev–Trinajstić information content (AvgIpc) is 3.46. The number of hydrogen-bond donors (Lipinski definition) is 2. The minimum Gasteiger partial charge on any atom is -0.457 e. The number of furan rings is 1. The quantitative estimate of drug-likeness (QED) is 0.253. The van der Waals surface area contributed by atoms with Crippen molar-refractivity contribution < 1.29 is 14.0 Å². The molecule has 5 rings (SSSR count). The summed E-state index contributed by atoms with van der Waals surface area (Å²) in [6, 6.07) is 30.7. The van der Waals surface area contributed by atoms with Crippen molar-refractivity contribution in [1.29, 1.82) is 0 Å². The highest BCUT2D eigenvalue weighted by Gasteiger charge is 2.22. The van der Waals surface area contributed by atoms with E-state index < -0.39 is 0 Å². The molecule has 39 heavy (non-hydrogen) atoms. The fraction of sp³-hybridized carbons (Fsp3) is 0.129. The molecular weight excluding hydrogens is 508 g/mol. The number of carbonyl (C=O) groups excluding carboxylic acids is 2. The molecule has 4 aromatic rings. The highest BCUT2D eigenvalue weighted by molar-refractivity contribution is 7.80. The Morgan fingerprint density at radius 3 is 2.15 bits per heavy atom. The lowest BCUT2D eigenvalue weighted by Gasteiger charge is -2.36. The second kappa shape index (κ2) is 12.2. The number of anilines is 2. The van der Waals surface area contributed by atoms with E-state index in [4.69, 9.17) is 16.6 Å². The molecule has 8 heteroatoms. The summed E-state index contributed by atoms with van der Waals surface area (Å²) in [5, 5.41) is 5.89. The molecule has 0 bridgehead atoms. The van der Waals surface area contributed by atoms with Gasteiger partial charge in [-0.05, 0) is 66.8 Å². The lowest BCUT2D eigenvalue weighted by atomic mass is 10.1. The number of nitrogens with zero attached hydrogens (tertiary/aromatic N) is 2. The summed E-state index contributed by atoms with van der Waals surface area (Å²) in [4.78, 5) is 29.1. The number of benzene rings is 3. The van der Waals surface area contributed by atoms with E-state index in [-0.39, 0.29) is 16.9 Å². The molecule has 0 spiro atoms. The van der Waals surface area contributed by atoms with Gasteiger partial charge in [0, 0.05) is 54.8 Å². The van der Waals surface area contributed by atoms with Gasteiger partial charge >= 0.3 is 0 Å². The zero-order valence-corrected chi connectivity index (χ0v) is 22.1.